The molecule has 2 heterocycles. The molecule has 0 aromatic carbocycles. The lowest BCUT2D eigenvalue weighted by molar-refractivity contribution is -0.697. The van der Waals surface area contributed by atoms with Gasteiger partial charge < -0.3 is 0 Å². The Balaban J connectivity index is 0.000000382. The quantitative estimate of drug-likeness (QED) is 0.0952. The van der Waals surface area contributed by atoms with E-state index in [-0.39, 0.29) is 0 Å². The van der Waals surface area contributed by atoms with E-state index in [1.54, 1.807) is 0 Å². The van der Waals surface area contributed by atoms with Gasteiger partial charge in [-0.2, -0.15) is 0 Å². The Morgan fingerprint density at radius 2 is 0.526 bits per heavy atom. The minimum absolute atomic E-state index is 1.18. The van der Waals surface area contributed by atoms with Crippen molar-refractivity contribution >= 4 is 0 Å². The summed E-state index contributed by atoms with van der Waals surface area (Å²) in [5.41, 5.74) is 0. The van der Waals surface area contributed by atoms with Gasteiger partial charge in [-0.25, -0.2) is 9.13 Å². The molecule has 0 saturated heterocycles. The molecule has 0 fully saturated rings. The number of pyridine rings is 2. The second-order valence-corrected chi connectivity index (χ2v) is 11.3. The maximum atomic E-state index is 2.29. The summed E-state index contributed by atoms with van der Waals surface area (Å²) < 4.78 is 4.57. The first-order chi connectivity index (χ1) is 18.9. The van der Waals surface area contributed by atoms with Gasteiger partial charge in [0.2, 0.25) is 0 Å². The van der Waals surface area contributed by atoms with E-state index in [0.717, 1.165) is 0 Å². The third kappa shape index (κ3) is 23.4. The average Bonchev–Trinajstić information content (AvgIpc) is 2.96. The van der Waals surface area contributed by atoms with Gasteiger partial charge in [0.05, 0.1) is 0 Å². The highest BCUT2D eigenvalue weighted by molar-refractivity contribution is 4.84. The van der Waals surface area contributed by atoms with Crippen molar-refractivity contribution in [3.05, 3.63) is 61.2 Å². The minimum Gasteiger partial charge on any atom is -0.205 e. The average molecular weight is 525 g/mol. The lowest BCUT2D eigenvalue weighted by Gasteiger charge is -2.02. The second kappa shape index (κ2) is 28.3. The summed E-state index contributed by atoms with van der Waals surface area (Å²) in [6, 6.07) is 12.6. The van der Waals surface area contributed by atoms with Crippen molar-refractivity contribution in [1.82, 2.24) is 0 Å². The molecule has 0 aliphatic heterocycles. The van der Waals surface area contributed by atoms with E-state index < -0.39 is 0 Å². The van der Waals surface area contributed by atoms with Crippen LogP contribution in [0.3, 0.4) is 0 Å². The van der Waals surface area contributed by atoms with Crippen molar-refractivity contribution < 1.29 is 9.13 Å². The third-order valence-corrected chi connectivity index (χ3v) is 7.59. The van der Waals surface area contributed by atoms with E-state index >= 15 is 0 Å². The fourth-order valence-electron chi connectivity index (χ4n) is 5.08. The fraction of sp³-hybridized carbons (Fsp3) is 0.722. The van der Waals surface area contributed by atoms with Gasteiger partial charge >= 0.3 is 0 Å². The Bertz CT molecular complexity index is 685. The molecule has 2 rings (SSSR count). The highest BCUT2D eigenvalue weighted by atomic mass is 14.9. The highest BCUT2D eigenvalue weighted by Crippen LogP contribution is 2.12. The topological polar surface area (TPSA) is 7.76 Å². The van der Waals surface area contributed by atoms with Gasteiger partial charge in [0.15, 0.2) is 24.8 Å². The van der Waals surface area contributed by atoms with Crippen molar-refractivity contribution in [2.75, 3.05) is 0 Å². The molecule has 0 unspecified atom stereocenters. The molecule has 0 spiro atoms. The second-order valence-electron chi connectivity index (χ2n) is 11.3. The predicted molar refractivity (Wildman–Crippen MR) is 166 cm³/mol. The van der Waals surface area contributed by atoms with Gasteiger partial charge in [0.1, 0.15) is 13.1 Å². The summed E-state index contributed by atoms with van der Waals surface area (Å²) in [7, 11) is 0. The van der Waals surface area contributed by atoms with Gasteiger partial charge in [-0.05, 0) is 12.8 Å². The number of hydrogen-bond donors (Lipinski definition) is 0. The maximum absolute atomic E-state index is 2.29. The van der Waals surface area contributed by atoms with Crippen molar-refractivity contribution in [3.8, 4) is 0 Å². The molecule has 0 atom stereocenters. The zero-order valence-electron chi connectivity index (χ0n) is 25.6. The Morgan fingerprint density at radius 3 is 0.789 bits per heavy atom. The largest absolute Gasteiger partial charge is 0.205 e. The zero-order valence-corrected chi connectivity index (χ0v) is 25.6. The van der Waals surface area contributed by atoms with E-state index in [2.05, 4.69) is 84.2 Å². The van der Waals surface area contributed by atoms with Crippen molar-refractivity contribution in [3.63, 3.8) is 0 Å². The molecule has 2 aromatic rings. The zero-order chi connectivity index (χ0) is 27.2. The van der Waals surface area contributed by atoms with Gasteiger partial charge in [-0.3, -0.25) is 0 Å². The lowest BCUT2D eigenvalue weighted by Crippen LogP contribution is -2.32. The smallest absolute Gasteiger partial charge is 0.168 e. The fourth-order valence-corrected chi connectivity index (χ4v) is 5.08. The number of rotatable bonds is 24. The maximum Gasteiger partial charge on any atom is 0.168 e. The lowest BCUT2D eigenvalue weighted by atomic mass is 10.1. The molecule has 0 N–H and O–H groups in total. The van der Waals surface area contributed by atoms with Crippen LogP contribution in [-0.4, -0.2) is 0 Å². The number of aromatic nitrogens is 2. The molecule has 0 aliphatic rings. The van der Waals surface area contributed by atoms with Crippen molar-refractivity contribution in [2.24, 2.45) is 0 Å². The molecule has 2 aromatic heterocycles. The molecule has 38 heavy (non-hydrogen) atoms. The Labute approximate surface area is 238 Å². The van der Waals surface area contributed by atoms with E-state index in [1.807, 2.05) is 0 Å². The monoisotopic (exact) mass is 525 g/mol. The molecule has 0 saturated carbocycles. The minimum atomic E-state index is 1.18. The number of hydrogen-bond acceptors (Lipinski definition) is 0. The summed E-state index contributed by atoms with van der Waals surface area (Å²) >= 11 is 0. The summed E-state index contributed by atoms with van der Waals surface area (Å²) in [4.78, 5) is 0. The standard InChI is InChI=1S/C19H34N.C17H30N/c1-2-3-4-5-6-7-8-9-10-11-12-14-17-20-18-15-13-16-19-20;1-2-3-4-5-6-7-8-9-10-12-15-18-16-13-11-14-17-18/h13,15-16,18-19H,2-12,14,17H2,1H3;11,13-14,16-17H,2-10,12,15H2,1H3/q2*+1. The van der Waals surface area contributed by atoms with E-state index in [1.165, 1.54) is 154 Å². The van der Waals surface area contributed by atoms with E-state index in [0.29, 0.717) is 0 Å². The normalized spacial score (nSPS) is 10.8. The van der Waals surface area contributed by atoms with Crippen LogP contribution < -0.4 is 9.13 Å². The predicted octanol–water partition coefficient (Wildman–Crippen LogP) is 10.6. The first kappa shape index (κ1) is 34.3. The van der Waals surface area contributed by atoms with Gasteiger partial charge in [0.25, 0.3) is 0 Å². The molecular formula is C36H64N2+2. The summed E-state index contributed by atoms with van der Waals surface area (Å²) in [5.74, 6) is 0. The van der Waals surface area contributed by atoms with Crippen LogP contribution in [0.2, 0.25) is 0 Å². The number of aryl methyl sites for hydroxylation is 2. The highest BCUT2D eigenvalue weighted by Gasteiger charge is 1.99. The van der Waals surface area contributed by atoms with Crippen LogP contribution in [0.15, 0.2) is 61.2 Å². The Hall–Kier alpha value is -1.70. The summed E-state index contributed by atoms with van der Waals surface area (Å²) in [5, 5.41) is 0. The van der Waals surface area contributed by atoms with Crippen LogP contribution in [0.4, 0.5) is 0 Å². The molecule has 0 radical (unpaired) electrons. The number of nitrogens with zero attached hydrogens (tertiary/aromatic N) is 2. The first-order valence-electron chi connectivity index (χ1n) is 16.7. The van der Waals surface area contributed by atoms with Crippen LogP contribution in [0.5, 0.6) is 0 Å². The van der Waals surface area contributed by atoms with Crippen LogP contribution in [0.25, 0.3) is 0 Å². The van der Waals surface area contributed by atoms with Gasteiger partial charge in [-0.15, -0.1) is 0 Å². The summed E-state index contributed by atoms with van der Waals surface area (Å²) in [6.45, 7) is 6.93. The molecule has 2 heteroatoms. The summed E-state index contributed by atoms with van der Waals surface area (Å²) in [6.07, 6.45) is 39.9. The Kier molecular flexibility index (Phi) is 25.6. The molecule has 0 aliphatic carbocycles. The number of unbranched alkanes of at least 4 members (excludes halogenated alkanes) is 20. The molecule has 2 nitrogen and oxygen atoms in total. The molecule has 216 valence electrons. The first-order valence-corrected chi connectivity index (χ1v) is 16.7. The van der Waals surface area contributed by atoms with Crippen molar-refractivity contribution in [1.29, 1.82) is 0 Å². The van der Waals surface area contributed by atoms with Crippen LogP contribution >= 0.6 is 0 Å². The third-order valence-electron chi connectivity index (χ3n) is 7.59. The van der Waals surface area contributed by atoms with Gasteiger partial charge in [-0.1, -0.05) is 142 Å². The molecule has 0 amide bonds. The van der Waals surface area contributed by atoms with Crippen LogP contribution in [-0.2, 0) is 13.1 Å². The van der Waals surface area contributed by atoms with Crippen LogP contribution in [0, 0.1) is 0 Å². The van der Waals surface area contributed by atoms with E-state index in [4.69, 9.17) is 0 Å². The molecule has 0 bridgehead atoms. The SMILES string of the molecule is CCCCCCCCCCCCCC[n+]1ccccc1.CCCCCCCCCCCC[n+]1ccccc1. The van der Waals surface area contributed by atoms with Gasteiger partial charge in [0, 0.05) is 37.1 Å². The molecular weight excluding hydrogens is 460 g/mol. The Morgan fingerprint density at radius 1 is 0.289 bits per heavy atom. The van der Waals surface area contributed by atoms with Crippen LogP contribution in [0.1, 0.15) is 155 Å². The van der Waals surface area contributed by atoms with Crippen molar-refractivity contribution in [2.45, 2.75) is 168 Å². The van der Waals surface area contributed by atoms with E-state index in [9.17, 15) is 0 Å².